The van der Waals surface area contributed by atoms with Crippen molar-refractivity contribution >= 4 is 17.4 Å². The largest absolute Gasteiger partial charge is 0.351 e. The first-order valence-electron chi connectivity index (χ1n) is 13.9. The van der Waals surface area contributed by atoms with E-state index >= 15 is 0 Å². The van der Waals surface area contributed by atoms with Crippen LogP contribution < -0.4 is 15.5 Å². The molecule has 1 atom stereocenters. The van der Waals surface area contributed by atoms with Crippen LogP contribution in [0.15, 0.2) is 85.1 Å². The van der Waals surface area contributed by atoms with Crippen molar-refractivity contribution in [2.45, 2.75) is 39.2 Å². The van der Waals surface area contributed by atoms with Crippen molar-refractivity contribution in [3.8, 4) is 17.2 Å². The maximum Gasteiger partial charge on any atom is 0.256 e. The number of carbonyl (C=O) groups is 1. The number of hydrogen-bond acceptors (Lipinski definition) is 5. The summed E-state index contributed by atoms with van der Waals surface area (Å²) in [6.07, 6.45) is 2.55. The molecule has 0 spiro atoms. The summed E-state index contributed by atoms with van der Waals surface area (Å²) < 4.78 is 0. The summed E-state index contributed by atoms with van der Waals surface area (Å²) in [5.74, 6) is 1.17. The molecule has 2 N–H and O–H groups in total. The topological polar surface area (TPSA) is 81.0 Å². The fourth-order valence-corrected chi connectivity index (χ4v) is 5.26. The molecule has 5 rings (SSSR count). The molecule has 6 nitrogen and oxygen atoms in total. The molecule has 0 saturated carbocycles. The van der Waals surface area contributed by atoms with Crippen molar-refractivity contribution in [1.82, 2.24) is 10.3 Å². The highest BCUT2D eigenvalue weighted by atomic mass is 16.1. The number of nitriles is 1. The Morgan fingerprint density at radius 2 is 1.93 bits per heavy atom. The first-order chi connectivity index (χ1) is 19.4. The van der Waals surface area contributed by atoms with Gasteiger partial charge in [0.25, 0.3) is 5.91 Å². The van der Waals surface area contributed by atoms with Crippen LogP contribution in [0, 0.1) is 18.3 Å². The van der Waals surface area contributed by atoms with Gasteiger partial charge in [-0.3, -0.25) is 4.79 Å². The summed E-state index contributed by atoms with van der Waals surface area (Å²) in [6.45, 7) is 8.95. The van der Waals surface area contributed by atoms with E-state index in [9.17, 15) is 10.1 Å². The van der Waals surface area contributed by atoms with E-state index in [1.165, 1.54) is 5.56 Å². The Bertz CT molecular complexity index is 1520. The third-order valence-corrected chi connectivity index (χ3v) is 7.49. The lowest BCUT2D eigenvalue weighted by atomic mass is 9.94. The molecule has 6 heteroatoms. The number of nitrogens with one attached hydrogen (secondary N) is 2. The van der Waals surface area contributed by atoms with Gasteiger partial charge in [-0.15, -0.1) is 0 Å². The number of aryl methyl sites for hydroxylation is 1. The summed E-state index contributed by atoms with van der Waals surface area (Å²) >= 11 is 0. The van der Waals surface area contributed by atoms with Crippen molar-refractivity contribution in [3.63, 3.8) is 0 Å². The quantitative estimate of drug-likeness (QED) is 0.293. The predicted octanol–water partition coefficient (Wildman–Crippen LogP) is 6.33. The maximum absolute atomic E-state index is 13.4. The molecule has 0 radical (unpaired) electrons. The van der Waals surface area contributed by atoms with E-state index in [2.05, 4.69) is 71.8 Å². The summed E-state index contributed by atoms with van der Waals surface area (Å²) in [5.41, 5.74) is 7.42. The summed E-state index contributed by atoms with van der Waals surface area (Å²) in [6, 6.07) is 28.5. The van der Waals surface area contributed by atoms with Crippen molar-refractivity contribution in [1.29, 1.82) is 5.26 Å². The zero-order valence-electron chi connectivity index (χ0n) is 23.3. The fraction of sp³-hybridized carbons (Fsp3) is 0.265. The van der Waals surface area contributed by atoms with E-state index in [0.29, 0.717) is 22.7 Å². The van der Waals surface area contributed by atoms with Crippen molar-refractivity contribution < 1.29 is 4.79 Å². The maximum atomic E-state index is 13.4. The van der Waals surface area contributed by atoms with E-state index in [4.69, 9.17) is 4.98 Å². The van der Waals surface area contributed by atoms with Crippen LogP contribution in [-0.2, 0) is 6.42 Å². The Morgan fingerprint density at radius 3 is 2.65 bits per heavy atom. The van der Waals surface area contributed by atoms with Crippen LogP contribution in [0.4, 0.5) is 11.5 Å². The van der Waals surface area contributed by atoms with Crippen molar-refractivity contribution in [2.75, 3.05) is 29.9 Å². The first-order valence-corrected chi connectivity index (χ1v) is 13.9. The Hall–Kier alpha value is -4.47. The Balaban J connectivity index is 1.32. The van der Waals surface area contributed by atoms with E-state index in [-0.39, 0.29) is 11.9 Å². The zero-order chi connectivity index (χ0) is 28.1. The van der Waals surface area contributed by atoms with Gasteiger partial charge >= 0.3 is 0 Å². The molecule has 0 aliphatic carbocycles. The van der Waals surface area contributed by atoms with Crippen LogP contribution in [0.3, 0.4) is 0 Å². The minimum atomic E-state index is -0.157. The lowest BCUT2D eigenvalue weighted by Gasteiger charge is -2.37. The highest BCUT2D eigenvalue weighted by Gasteiger charge is 2.24. The Kier molecular flexibility index (Phi) is 8.23. The number of anilines is 2. The van der Waals surface area contributed by atoms with E-state index < -0.39 is 0 Å². The minimum absolute atomic E-state index is 0.157. The van der Waals surface area contributed by atoms with Crippen LogP contribution in [0.2, 0.25) is 0 Å². The van der Waals surface area contributed by atoms with Gasteiger partial charge in [-0.25, -0.2) is 4.98 Å². The molecule has 0 bridgehead atoms. The number of aromatic nitrogens is 1. The van der Waals surface area contributed by atoms with Gasteiger partial charge in [0.1, 0.15) is 5.82 Å². The van der Waals surface area contributed by atoms with Gasteiger partial charge < -0.3 is 15.5 Å². The number of piperazine rings is 1. The molecule has 1 aliphatic heterocycles. The molecule has 1 saturated heterocycles. The van der Waals surface area contributed by atoms with Gasteiger partial charge in [0.2, 0.25) is 0 Å². The number of carbonyl (C=O) groups excluding carboxylic acids is 1. The SMILES string of the molecule is Cc1ccc(C(=O)Nc2ccc(N3CCNCC3Cc3cccc(C#N)c3)nc2)c(-c2ccc(C(C)C)cc2)c1. The van der Waals surface area contributed by atoms with Crippen LogP contribution >= 0.6 is 0 Å². The third-order valence-electron chi connectivity index (χ3n) is 7.49. The van der Waals surface area contributed by atoms with Gasteiger partial charge in [-0.05, 0) is 71.8 Å². The normalized spacial score (nSPS) is 15.1. The molecule has 40 heavy (non-hydrogen) atoms. The van der Waals surface area contributed by atoms with Gasteiger partial charge in [-0.1, -0.05) is 67.9 Å². The second-order valence-electron chi connectivity index (χ2n) is 10.8. The molecular formula is C34H35N5O. The van der Waals surface area contributed by atoms with Crippen LogP contribution in [0.1, 0.15) is 52.4 Å². The summed E-state index contributed by atoms with van der Waals surface area (Å²) in [7, 11) is 0. The monoisotopic (exact) mass is 529 g/mol. The Labute approximate surface area is 236 Å². The number of pyridine rings is 1. The molecule has 1 aromatic heterocycles. The van der Waals surface area contributed by atoms with Gasteiger partial charge in [0.05, 0.1) is 23.5 Å². The fourth-order valence-electron chi connectivity index (χ4n) is 5.26. The number of amides is 1. The zero-order valence-corrected chi connectivity index (χ0v) is 23.3. The van der Waals surface area contributed by atoms with E-state index in [1.54, 1.807) is 6.20 Å². The third kappa shape index (κ3) is 6.22. The Morgan fingerprint density at radius 1 is 1.10 bits per heavy atom. The highest BCUT2D eigenvalue weighted by molar-refractivity contribution is 6.08. The molecule has 1 aliphatic rings. The van der Waals surface area contributed by atoms with E-state index in [1.807, 2.05) is 49.4 Å². The van der Waals surface area contributed by atoms with Crippen molar-refractivity contribution in [3.05, 3.63) is 113 Å². The molecule has 3 aromatic carbocycles. The van der Waals surface area contributed by atoms with Crippen LogP contribution in [-0.4, -0.2) is 36.6 Å². The average molecular weight is 530 g/mol. The van der Waals surface area contributed by atoms with Gasteiger partial charge in [-0.2, -0.15) is 5.26 Å². The molecular weight excluding hydrogens is 494 g/mol. The molecule has 2 heterocycles. The summed E-state index contributed by atoms with van der Waals surface area (Å²) in [5, 5.41) is 15.8. The second-order valence-corrected chi connectivity index (χ2v) is 10.8. The standard InChI is InChI=1S/C34H35N5O/c1-23(2)27-8-10-28(11-9-27)32-17-24(3)7-13-31(32)34(40)38-29-12-14-33(37-21-29)39-16-15-36-22-30(39)19-25-5-4-6-26(18-25)20-35/h4-14,17-18,21,23,30,36H,15-16,19,22H2,1-3H3,(H,38,40). The van der Waals surface area contributed by atoms with E-state index in [0.717, 1.165) is 54.1 Å². The molecule has 202 valence electrons. The molecule has 1 unspecified atom stereocenters. The summed E-state index contributed by atoms with van der Waals surface area (Å²) in [4.78, 5) is 20.4. The molecule has 4 aromatic rings. The van der Waals surface area contributed by atoms with Crippen molar-refractivity contribution in [2.24, 2.45) is 0 Å². The smallest absolute Gasteiger partial charge is 0.256 e. The highest BCUT2D eigenvalue weighted by Crippen LogP contribution is 2.28. The number of rotatable bonds is 7. The lowest BCUT2D eigenvalue weighted by Crippen LogP contribution is -2.52. The molecule has 1 fully saturated rings. The number of hydrogen-bond donors (Lipinski definition) is 2. The van der Waals surface area contributed by atoms with Gasteiger partial charge in [0.15, 0.2) is 0 Å². The lowest BCUT2D eigenvalue weighted by molar-refractivity contribution is 0.102. The molecule has 1 amide bonds. The second kappa shape index (κ2) is 12.1. The number of benzene rings is 3. The van der Waals surface area contributed by atoms with Gasteiger partial charge in [0, 0.05) is 31.2 Å². The first kappa shape index (κ1) is 27.1. The predicted molar refractivity (Wildman–Crippen MR) is 162 cm³/mol. The van der Waals surface area contributed by atoms with Crippen LogP contribution in [0.25, 0.3) is 11.1 Å². The minimum Gasteiger partial charge on any atom is -0.351 e. The average Bonchev–Trinajstić information content (AvgIpc) is 2.98. The van der Waals surface area contributed by atoms with Crippen LogP contribution in [0.5, 0.6) is 0 Å². The number of nitrogens with zero attached hydrogens (tertiary/aromatic N) is 3.